The van der Waals surface area contributed by atoms with E-state index in [4.69, 9.17) is 5.11 Å². The summed E-state index contributed by atoms with van der Waals surface area (Å²) in [6.07, 6.45) is 3.32. The fraction of sp³-hybridized carbons (Fsp3) is 0. The van der Waals surface area contributed by atoms with Crippen LogP contribution in [0.4, 0.5) is 0 Å². The molecule has 0 bridgehead atoms. The van der Waals surface area contributed by atoms with Crippen LogP contribution in [-0.4, -0.2) is 20.5 Å². The first-order valence-corrected chi connectivity index (χ1v) is 5.51. The number of carboxylic acid groups (broad SMARTS) is 1. The standard InChI is InChI=1S/C14H10N2O2/c17-14(18)11-6-7-12-8-15-13(16(12)9-11)10-4-2-1-3-5-10/h1-9H,(H,17,18). The van der Waals surface area contributed by atoms with Gasteiger partial charge in [0.05, 0.1) is 17.3 Å². The molecule has 2 heterocycles. The summed E-state index contributed by atoms with van der Waals surface area (Å²) in [7, 11) is 0. The zero-order chi connectivity index (χ0) is 12.5. The molecule has 1 aromatic carbocycles. The van der Waals surface area contributed by atoms with Crippen molar-refractivity contribution in [1.29, 1.82) is 0 Å². The van der Waals surface area contributed by atoms with E-state index in [2.05, 4.69) is 4.98 Å². The summed E-state index contributed by atoms with van der Waals surface area (Å²) in [5.74, 6) is -0.196. The SMILES string of the molecule is O=C(O)c1ccc2cnc(-c3ccccc3)n2c1. The minimum absolute atomic E-state index is 0.248. The van der Waals surface area contributed by atoms with Crippen molar-refractivity contribution < 1.29 is 9.90 Å². The average molecular weight is 238 g/mol. The second kappa shape index (κ2) is 4.00. The van der Waals surface area contributed by atoms with Gasteiger partial charge in [-0.2, -0.15) is 0 Å². The number of benzene rings is 1. The Kier molecular flexibility index (Phi) is 2.34. The molecule has 1 N–H and O–H groups in total. The third-order valence-electron chi connectivity index (χ3n) is 2.81. The van der Waals surface area contributed by atoms with Crippen LogP contribution >= 0.6 is 0 Å². The Morgan fingerprint density at radius 2 is 1.89 bits per heavy atom. The number of carboxylic acids is 1. The second-order valence-electron chi connectivity index (χ2n) is 3.97. The number of fused-ring (bicyclic) bond motifs is 1. The van der Waals surface area contributed by atoms with Crippen molar-refractivity contribution in [3.63, 3.8) is 0 Å². The van der Waals surface area contributed by atoms with E-state index < -0.39 is 5.97 Å². The molecular formula is C14H10N2O2. The second-order valence-corrected chi connectivity index (χ2v) is 3.97. The minimum Gasteiger partial charge on any atom is -0.478 e. The fourth-order valence-electron chi connectivity index (χ4n) is 1.92. The number of aromatic carboxylic acids is 1. The van der Waals surface area contributed by atoms with E-state index >= 15 is 0 Å². The van der Waals surface area contributed by atoms with Gasteiger partial charge in [-0.1, -0.05) is 30.3 Å². The molecule has 3 rings (SSSR count). The van der Waals surface area contributed by atoms with Gasteiger partial charge < -0.3 is 5.11 Å². The molecule has 0 atom stereocenters. The van der Waals surface area contributed by atoms with Gasteiger partial charge in [0.1, 0.15) is 5.82 Å². The van der Waals surface area contributed by atoms with Gasteiger partial charge in [0.25, 0.3) is 0 Å². The van der Waals surface area contributed by atoms with Crippen molar-refractivity contribution in [3.8, 4) is 11.4 Å². The molecule has 0 amide bonds. The molecule has 0 unspecified atom stereocenters. The zero-order valence-electron chi connectivity index (χ0n) is 9.45. The number of pyridine rings is 1. The molecular weight excluding hydrogens is 228 g/mol. The summed E-state index contributed by atoms with van der Waals surface area (Å²) in [5.41, 5.74) is 2.08. The first-order valence-electron chi connectivity index (χ1n) is 5.51. The number of imidazole rings is 1. The smallest absolute Gasteiger partial charge is 0.337 e. The van der Waals surface area contributed by atoms with Crippen LogP contribution < -0.4 is 0 Å². The maximum absolute atomic E-state index is 11.0. The molecule has 0 aliphatic carbocycles. The summed E-state index contributed by atoms with van der Waals surface area (Å²) in [5, 5.41) is 9.01. The van der Waals surface area contributed by atoms with Gasteiger partial charge in [-0.25, -0.2) is 9.78 Å². The molecule has 0 saturated carbocycles. The van der Waals surface area contributed by atoms with Crippen molar-refractivity contribution in [2.75, 3.05) is 0 Å². The van der Waals surface area contributed by atoms with Crippen molar-refractivity contribution in [3.05, 3.63) is 60.4 Å². The van der Waals surface area contributed by atoms with Gasteiger partial charge >= 0.3 is 5.97 Å². The molecule has 4 heteroatoms. The molecule has 88 valence electrons. The predicted molar refractivity (Wildman–Crippen MR) is 67.6 cm³/mol. The van der Waals surface area contributed by atoms with Crippen LogP contribution in [0.25, 0.3) is 16.9 Å². The number of hydrogen-bond acceptors (Lipinski definition) is 2. The number of rotatable bonds is 2. The monoisotopic (exact) mass is 238 g/mol. The van der Waals surface area contributed by atoms with Crippen LogP contribution in [0.5, 0.6) is 0 Å². The number of nitrogens with zero attached hydrogens (tertiary/aromatic N) is 2. The molecule has 0 fully saturated rings. The molecule has 4 nitrogen and oxygen atoms in total. The van der Waals surface area contributed by atoms with Crippen LogP contribution in [0.2, 0.25) is 0 Å². The van der Waals surface area contributed by atoms with Gasteiger partial charge in [0.2, 0.25) is 0 Å². The van der Waals surface area contributed by atoms with Crippen LogP contribution in [0.1, 0.15) is 10.4 Å². The topological polar surface area (TPSA) is 54.6 Å². The molecule has 0 aliphatic heterocycles. The summed E-state index contributed by atoms with van der Waals surface area (Å²) >= 11 is 0. The third-order valence-corrected chi connectivity index (χ3v) is 2.81. The Labute approximate surface area is 103 Å². The highest BCUT2D eigenvalue weighted by Gasteiger charge is 2.09. The van der Waals surface area contributed by atoms with Crippen LogP contribution in [0.3, 0.4) is 0 Å². The molecule has 0 saturated heterocycles. The molecule has 2 aromatic heterocycles. The van der Waals surface area contributed by atoms with E-state index in [0.717, 1.165) is 16.9 Å². The van der Waals surface area contributed by atoms with Gasteiger partial charge in [-0.15, -0.1) is 0 Å². The number of hydrogen-bond donors (Lipinski definition) is 1. The number of carbonyl (C=O) groups is 1. The van der Waals surface area contributed by atoms with E-state index in [-0.39, 0.29) is 5.56 Å². The minimum atomic E-state index is -0.940. The highest BCUT2D eigenvalue weighted by molar-refractivity contribution is 5.88. The van der Waals surface area contributed by atoms with Gasteiger partial charge in [-0.3, -0.25) is 4.40 Å². The summed E-state index contributed by atoms with van der Waals surface area (Å²) < 4.78 is 1.79. The maximum Gasteiger partial charge on any atom is 0.337 e. The van der Waals surface area contributed by atoms with Crippen molar-refractivity contribution >= 4 is 11.5 Å². The highest BCUT2D eigenvalue weighted by atomic mass is 16.4. The van der Waals surface area contributed by atoms with E-state index in [0.29, 0.717) is 0 Å². The Bertz CT molecular complexity index is 717. The van der Waals surface area contributed by atoms with E-state index in [1.165, 1.54) is 0 Å². The van der Waals surface area contributed by atoms with Gasteiger partial charge in [0.15, 0.2) is 0 Å². The lowest BCUT2D eigenvalue weighted by Gasteiger charge is -2.02. The molecule has 0 aliphatic rings. The van der Waals surface area contributed by atoms with E-state index in [1.807, 2.05) is 30.3 Å². The Balaban J connectivity index is 2.24. The summed E-state index contributed by atoms with van der Waals surface area (Å²) in [6.45, 7) is 0. The van der Waals surface area contributed by atoms with Gasteiger partial charge in [-0.05, 0) is 12.1 Å². The maximum atomic E-state index is 11.0. The van der Waals surface area contributed by atoms with E-state index in [9.17, 15) is 4.79 Å². The largest absolute Gasteiger partial charge is 0.478 e. The van der Waals surface area contributed by atoms with Crippen LogP contribution in [-0.2, 0) is 0 Å². The quantitative estimate of drug-likeness (QED) is 0.746. The predicted octanol–water partition coefficient (Wildman–Crippen LogP) is 2.70. The van der Waals surface area contributed by atoms with E-state index in [1.54, 1.807) is 28.9 Å². The third kappa shape index (κ3) is 1.64. The Morgan fingerprint density at radius 3 is 2.61 bits per heavy atom. The zero-order valence-corrected chi connectivity index (χ0v) is 9.45. The summed E-state index contributed by atoms with van der Waals surface area (Å²) in [4.78, 5) is 15.3. The number of aromatic nitrogens is 2. The van der Waals surface area contributed by atoms with Crippen LogP contribution in [0.15, 0.2) is 54.9 Å². The fourth-order valence-corrected chi connectivity index (χ4v) is 1.92. The summed E-state index contributed by atoms with van der Waals surface area (Å²) in [6, 6.07) is 13.0. The average Bonchev–Trinajstić information content (AvgIpc) is 2.82. The lowest BCUT2D eigenvalue weighted by molar-refractivity contribution is 0.0696. The van der Waals surface area contributed by atoms with Crippen LogP contribution in [0, 0.1) is 0 Å². The normalized spacial score (nSPS) is 10.7. The highest BCUT2D eigenvalue weighted by Crippen LogP contribution is 2.19. The van der Waals surface area contributed by atoms with Gasteiger partial charge in [0, 0.05) is 11.8 Å². The molecule has 0 spiro atoms. The molecule has 0 radical (unpaired) electrons. The lowest BCUT2D eigenvalue weighted by atomic mass is 10.2. The first kappa shape index (κ1) is 10.5. The lowest BCUT2D eigenvalue weighted by Crippen LogP contribution is -1.99. The van der Waals surface area contributed by atoms with Crippen molar-refractivity contribution in [2.45, 2.75) is 0 Å². The Morgan fingerprint density at radius 1 is 1.11 bits per heavy atom. The molecule has 3 aromatic rings. The molecule has 18 heavy (non-hydrogen) atoms. The Hall–Kier alpha value is -2.62. The van der Waals surface area contributed by atoms with Crippen molar-refractivity contribution in [2.24, 2.45) is 0 Å². The van der Waals surface area contributed by atoms with Crippen molar-refractivity contribution in [1.82, 2.24) is 9.38 Å². The first-order chi connectivity index (χ1) is 8.75.